The molecule has 2 aliphatic rings. The Bertz CT molecular complexity index is 1380. The number of aryl methyl sites for hydroxylation is 1. The molecule has 0 atom stereocenters. The largest absolute Gasteiger partial charge is 0.289 e. The van der Waals surface area contributed by atoms with Gasteiger partial charge in [-0.3, -0.25) is 4.79 Å². The third-order valence-corrected chi connectivity index (χ3v) is 6.58. The highest BCUT2D eigenvalue weighted by Crippen LogP contribution is 2.55. The van der Waals surface area contributed by atoms with Crippen molar-refractivity contribution in [3.8, 4) is 0 Å². The third-order valence-electron chi connectivity index (χ3n) is 6.58. The summed E-state index contributed by atoms with van der Waals surface area (Å²) in [4.78, 5) is 14.2. The van der Waals surface area contributed by atoms with Crippen LogP contribution in [0.2, 0.25) is 0 Å². The molecule has 1 nitrogen and oxygen atoms in total. The Kier molecular flexibility index (Phi) is 7.27. The van der Waals surface area contributed by atoms with Crippen molar-refractivity contribution in [1.82, 2.24) is 0 Å². The van der Waals surface area contributed by atoms with E-state index in [9.17, 15) is 4.79 Å². The van der Waals surface area contributed by atoms with Crippen LogP contribution in [0.25, 0.3) is 11.6 Å². The van der Waals surface area contributed by atoms with Crippen LogP contribution in [0.5, 0.6) is 0 Å². The number of Topliss-reactive ketones (excluding diaryl/α,β-unsaturated/α-hetero) is 1. The van der Waals surface area contributed by atoms with Gasteiger partial charge in [0.1, 0.15) is 0 Å². The van der Waals surface area contributed by atoms with Gasteiger partial charge in [-0.2, -0.15) is 0 Å². The van der Waals surface area contributed by atoms with Crippen molar-refractivity contribution < 1.29 is 4.79 Å². The van der Waals surface area contributed by atoms with Crippen LogP contribution in [0.3, 0.4) is 0 Å². The predicted molar refractivity (Wildman–Crippen MR) is 150 cm³/mol. The summed E-state index contributed by atoms with van der Waals surface area (Å²) in [5.41, 5.74) is 11.2. The molecular weight excluding hydrogens is 424 g/mol. The third kappa shape index (κ3) is 4.31. The minimum absolute atomic E-state index is 0.0930. The molecule has 0 N–H and O–H groups in total. The number of benzene rings is 2. The zero-order valence-corrected chi connectivity index (χ0v) is 20.9. The maximum Gasteiger partial charge on any atom is 0.195 e. The van der Waals surface area contributed by atoms with Crippen molar-refractivity contribution in [3.05, 3.63) is 154 Å². The topological polar surface area (TPSA) is 17.1 Å². The minimum atomic E-state index is 0.0930. The molecule has 0 spiro atoms. The molecule has 4 rings (SSSR count). The van der Waals surface area contributed by atoms with Crippen LogP contribution in [0.15, 0.2) is 137 Å². The molecule has 0 aliphatic heterocycles. The van der Waals surface area contributed by atoms with E-state index >= 15 is 0 Å². The number of carbonyl (C=O) groups excluding carboxylic acids is 1. The molecule has 1 saturated carbocycles. The lowest BCUT2D eigenvalue weighted by Gasteiger charge is -2.13. The molecule has 0 amide bonds. The maximum absolute atomic E-state index is 14.2. The van der Waals surface area contributed by atoms with Crippen LogP contribution in [0.1, 0.15) is 43.4 Å². The molecule has 174 valence electrons. The first kappa shape index (κ1) is 24.2. The van der Waals surface area contributed by atoms with Crippen molar-refractivity contribution in [2.24, 2.45) is 0 Å². The summed E-state index contributed by atoms with van der Waals surface area (Å²) in [6, 6.07) is 18.4. The van der Waals surface area contributed by atoms with Crippen molar-refractivity contribution in [2.75, 3.05) is 0 Å². The van der Waals surface area contributed by atoms with Crippen molar-refractivity contribution in [3.63, 3.8) is 0 Å². The lowest BCUT2D eigenvalue weighted by molar-refractivity contribution is -0.110. The molecule has 0 radical (unpaired) electrons. The smallest absolute Gasteiger partial charge is 0.195 e. The van der Waals surface area contributed by atoms with Crippen molar-refractivity contribution in [2.45, 2.75) is 33.6 Å². The SMILES string of the molecule is C=C/C=C1/C(=C\c2ccccc2C)C2=C(/C(=C/CC)CC=C)C(=O)C(c3ccccc3)=C2/C1=C/C. The predicted octanol–water partition coefficient (Wildman–Crippen LogP) is 8.70. The molecule has 35 heavy (non-hydrogen) atoms. The second-order valence-electron chi connectivity index (χ2n) is 8.76. The van der Waals surface area contributed by atoms with E-state index in [4.69, 9.17) is 0 Å². The van der Waals surface area contributed by atoms with Gasteiger partial charge in [0, 0.05) is 22.3 Å². The summed E-state index contributed by atoms with van der Waals surface area (Å²) < 4.78 is 0. The fraction of sp³-hybridized carbons (Fsp3) is 0.147. The number of carbonyl (C=O) groups is 1. The Morgan fingerprint density at radius 3 is 2.23 bits per heavy atom. The van der Waals surface area contributed by atoms with Crippen molar-refractivity contribution >= 4 is 17.4 Å². The Balaban J connectivity index is 2.15. The van der Waals surface area contributed by atoms with Gasteiger partial charge >= 0.3 is 0 Å². The van der Waals surface area contributed by atoms with E-state index in [1.165, 1.54) is 5.56 Å². The monoisotopic (exact) mass is 456 g/mol. The van der Waals surface area contributed by atoms with Gasteiger partial charge in [-0.1, -0.05) is 98.5 Å². The molecule has 2 aliphatic carbocycles. The summed E-state index contributed by atoms with van der Waals surface area (Å²) >= 11 is 0. The first-order valence-corrected chi connectivity index (χ1v) is 12.2. The standard InChI is InChI=1S/C34H32O/c1-6-15-24(16-7-2)30-33-29(22-26-21-14-13-18-23(26)5)28(17-8-3)27(9-4)32(33)31(34(30)35)25-19-11-10-12-20-25/h6,8-14,16-22H,1,3,7,15H2,2,4-5H3/b24-16+,27-9+,28-17+,29-22+. The molecule has 0 bridgehead atoms. The normalized spacial score (nSPS) is 19.3. The Morgan fingerprint density at radius 1 is 0.886 bits per heavy atom. The van der Waals surface area contributed by atoms with E-state index in [0.717, 1.165) is 62.1 Å². The Hall–Kier alpha value is -3.97. The number of rotatable bonds is 7. The van der Waals surface area contributed by atoms with E-state index in [-0.39, 0.29) is 5.78 Å². The van der Waals surface area contributed by atoms with Crippen LogP contribution < -0.4 is 0 Å². The molecule has 0 heterocycles. The Morgan fingerprint density at radius 2 is 1.60 bits per heavy atom. The highest BCUT2D eigenvalue weighted by atomic mass is 16.1. The first-order chi connectivity index (χ1) is 17.1. The number of allylic oxidation sites excluding steroid dienone is 13. The number of hydrogen-bond acceptors (Lipinski definition) is 1. The quantitative estimate of drug-likeness (QED) is 0.381. The second-order valence-corrected chi connectivity index (χ2v) is 8.76. The van der Waals surface area contributed by atoms with Crippen LogP contribution in [0.4, 0.5) is 0 Å². The second kappa shape index (κ2) is 10.5. The summed E-state index contributed by atoms with van der Waals surface area (Å²) in [7, 11) is 0. The molecular formula is C34H32O. The van der Waals surface area contributed by atoms with E-state index in [2.05, 4.69) is 75.6 Å². The molecule has 2 aromatic rings. The summed E-state index contributed by atoms with van der Waals surface area (Å²) in [6.45, 7) is 14.3. The van der Waals surface area contributed by atoms with Gasteiger partial charge in [-0.05, 0) is 71.7 Å². The van der Waals surface area contributed by atoms with Crippen molar-refractivity contribution in [1.29, 1.82) is 0 Å². The molecule has 2 aromatic carbocycles. The van der Waals surface area contributed by atoms with E-state index in [0.29, 0.717) is 6.42 Å². The number of hydrogen-bond donors (Lipinski definition) is 0. The van der Waals surface area contributed by atoms with E-state index in [1.54, 1.807) is 0 Å². The summed E-state index contributed by atoms with van der Waals surface area (Å²) in [5, 5.41) is 0. The molecule has 0 aromatic heterocycles. The lowest BCUT2D eigenvalue weighted by atomic mass is 9.89. The number of fused-ring (bicyclic) bond motifs is 1. The molecule has 1 heteroatoms. The highest BCUT2D eigenvalue weighted by Gasteiger charge is 2.43. The zero-order chi connectivity index (χ0) is 24.9. The van der Waals surface area contributed by atoms with Gasteiger partial charge < -0.3 is 0 Å². The molecule has 0 saturated heterocycles. The van der Waals surface area contributed by atoms with E-state index < -0.39 is 0 Å². The maximum atomic E-state index is 14.2. The van der Waals surface area contributed by atoms with Crippen LogP contribution in [-0.2, 0) is 4.79 Å². The number of ketones is 1. The van der Waals surface area contributed by atoms with Gasteiger partial charge in [0.2, 0.25) is 0 Å². The highest BCUT2D eigenvalue weighted by molar-refractivity contribution is 6.37. The van der Waals surface area contributed by atoms with Gasteiger partial charge in [-0.25, -0.2) is 0 Å². The summed E-state index contributed by atoms with van der Waals surface area (Å²) in [6.07, 6.45) is 13.8. The fourth-order valence-electron chi connectivity index (χ4n) is 5.08. The van der Waals surface area contributed by atoms with Gasteiger partial charge in [0.15, 0.2) is 5.78 Å². The molecule has 0 unspecified atom stereocenters. The molecule has 1 fully saturated rings. The van der Waals surface area contributed by atoms with Gasteiger partial charge in [-0.15, -0.1) is 6.58 Å². The summed E-state index contributed by atoms with van der Waals surface area (Å²) in [5.74, 6) is 0.0930. The minimum Gasteiger partial charge on any atom is -0.289 e. The van der Waals surface area contributed by atoms with E-state index in [1.807, 2.05) is 49.4 Å². The Labute approximate surface area is 209 Å². The fourth-order valence-corrected chi connectivity index (χ4v) is 5.08. The zero-order valence-electron chi connectivity index (χ0n) is 20.9. The lowest BCUT2D eigenvalue weighted by Crippen LogP contribution is -2.06. The first-order valence-electron chi connectivity index (χ1n) is 12.2. The average molecular weight is 457 g/mol. The van der Waals surface area contributed by atoms with Crippen LogP contribution >= 0.6 is 0 Å². The van der Waals surface area contributed by atoms with Gasteiger partial charge in [0.05, 0.1) is 0 Å². The average Bonchev–Trinajstić information content (AvgIpc) is 3.31. The van der Waals surface area contributed by atoms with Crippen LogP contribution in [-0.4, -0.2) is 5.78 Å². The van der Waals surface area contributed by atoms with Gasteiger partial charge in [0.25, 0.3) is 0 Å². The van der Waals surface area contributed by atoms with Crippen LogP contribution in [0, 0.1) is 6.92 Å².